The van der Waals surface area contributed by atoms with Gasteiger partial charge in [-0.15, -0.1) is 0 Å². The number of fused-ring (bicyclic) bond motifs is 1. The van der Waals surface area contributed by atoms with Crippen LogP contribution in [0.25, 0.3) is 10.8 Å². The Kier molecular flexibility index (Phi) is 6.57. The van der Waals surface area contributed by atoms with Gasteiger partial charge in [-0.1, -0.05) is 36.4 Å². The molecule has 0 spiro atoms. The standard InChI is InChI=1S/C24H26N2O4/c1-24(2,3)30-23(28)26-20-10-6-9-19(15-20)22(27)25-13-14-29-21-12-11-17-7-4-5-8-18(17)16-21/h4-12,15-16H,13-14H2,1-3H3,(H,25,27)(H,26,28). The highest BCUT2D eigenvalue weighted by atomic mass is 16.6. The second-order valence-electron chi connectivity index (χ2n) is 7.82. The smallest absolute Gasteiger partial charge is 0.412 e. The predicted molar refractivity (Wildman–Crippen MR) is 118 cm³/mol. The number of hydrogen-bond acceptors (Lipinski definition) is 4. The first-order valence-electron chi connectivity index (χ1n) is 9.80. The summed E-state index contributed by atoms with van der Waals surface area (Å²) in [5.41, 5.74) is 0.336. The van der Waals surface area contributed by atoms with E-state index >= 15 is 0 Å². The third-order valence-corrected chi connectivity index (χ3v) is 4.15. The number of rotatable bonds is 6. The van der Waals surface area contributed by atoms with Crippen LogP contribution in [0.1, 0.15) is 31.1 Å². The number of anilines is 1. The fraction of sp³-hybridized carbons (Fsp3) is 0.250. The summed E-state index contributed by atoms with van der Waals surface area (Å²) in [7, 11) is 0. The van der Waals surface area contributed by atoms with Gasteiger partial charge >= 0.3 is 6.09 Å². The molecule has 0 radical (unpaired) electrons. The monoisotopic (exact) mass is 406 g/mol. The van der Waals surface area contributed by atoms with Crippen LogP contribution in [0.15, 0.2) is 66.7 Å². The number of benzene rings is 3. The first-order chi connectivity index (χ1) is 14.3. The Morgan fingerprint density at radius 3 is 2.43 bits per heavy atom. The van der Waals surface area contributed by atoms with Crippen molar-refractivity contribution in [3.63, 3.8) is 0 Å². The van der Waals surface area contributed by atoms with Gasteiger partial charge in [0.05, 0.1) is 6.54 Å². The molecular formula is C24H26N2O4. The van der Waals surface area contributed by atoms with Crippen molar-refractivity contribution in [2.45, 2.75) is 26.4 Å². The quantitative estimate of drug-likeness (QED) is 0.565. The summed E-state index contributed by atoms with van der Waals surface area (Å²) in [6.45, 7) is 6.07. The summed E-state index contributed by atoms with van der Waals surface area (Å²) in [6.07, 6.45) is -0.566. The summed E-state index contributed by atoms with van der Waals surface area (Å²) < 4.78 is 11.0. The molecule has 0 fully saturated rings. The molecule has 0 aliphatic heterocycles. The summed E-state index contributed by atoms with van der Waals surface area (Å²) in [6, 6.07) is 20.6. The van der Waals surface area contributed by atoms with Crippen LogP contribution in [0.5, 0.6) is 5.75 Å². The second-order valence-corrected chi connectivity index (χ2v) is 7.82. The van der Waals surface area contributed by atoms with Crippen LogP contribution in [-0.2, 0) is 4.74 Å². The molecule has 0 bridgehead atoms. The molecule has 0 heterocycles. The Bertz CT molecular complexity index is 1040. The van der Waals surface area contributed by atoms with Gasteiger partial charge in [-0.05, 0) is 61.9 Å². The zero-order chi connectivity index (χ0) is 21.6. The lowest BCUT2D eigenvalue weighted by Crippen LogP contribution is -2.28. The molecule has 0 saturated carbocycles. The molecule has 3 rings (SSSR count). The van der Waals surface area contributed by atoms with E-state index in [0.29, 0.717) is 24.4 Å². The van der Waals surface area contributed by atoms with Crippen molar-refractivity contribution >= 4 is 28.5 Å². The van der Waals surface area contributed by atoms with Crippen molar-refractivity contribution in [1.29, 1.82) is 0 Å². The molecule has 2 amide bonds. The Hall–Kier alpha value is -3.54. The van der Waals surface area contributed by atoms with E-state index in [9.17, 15) is 9.59 Å². The van der Waals surface area contributed by atoms with Gasteiger partial charge < -0.3 is 14.8 Å². The Morgan fingerprint density at radius 1 is 0.900 bits per heavy atom. The minimum absolute atomic E-state index is 0.245. The van der Waals surface area contributed by atoms with Gasteiger partial charge in [0.2, 0.25) is 0 Å². The Balaban J connectivity index is 1.49. The number of nitrogens with one attached hydrogen (secondary N) is 2. The van der Waals surface area contributed by atoms with Crippen molar-refractivity contribution < 1.29 is 19.1 Å². The predicted octanol–water partition coefficient (Wildman–Crippen LogP) is 5.00. The van der Waals surface area contributed by atoms with Crippen LogP contribution in [0.4, 0.5) is 10.5 Å². The molecule has 3 aromatic rings. The summed E-state index contributed by atoms with van der Waals surface area (Å²) in [4.78, 5) is 24.3. The van der Waals surface area contributed by atoms with E-state index in [1.165, 1.54) is 0 Å². The molecular weight excluding hydrogens is 380 g/mol. The van der Waals surface area contributed by atoms with Crippen LogP contribution in [0, 0.1) is 0 Å². The highest BCUT2D eigenvalue weighted by molar-refractivity contribution is 5.96. The normalized spacial score (nSPS) is 11.0. The zero-order valence-electron chi connectivity index (χ0n) is 17.4. The van der Waals surface area contributed by atoms with E-state index in [1.807, 2.05) is 42.5 Å². The molecule has 0 aliphatic rings. The van der Waals surface area contributed by atoms with Crippen molar-refractivity contribution in [3.8, 4) is 5.75 Å². The molecule has 30 heavy (non-hydrogen) atoms. The number of carbonyl (C=O) groups excluding carboxylic acids is 2. The third kappa shape index (κ3) is 6.24. The lowest BCUT2D eigenvalue weighted by molar-refractivity contribution is 0.0635. The van der Waals surface area contributed by atoms with Crippen LogP contribution in [0.3, 0.4) is 0 Å². The summed E-state index contributed by atoms with van der Waals surface area (Å²) in [5.74, 6) is 0.511. The van der Waals surface area contributed by atoms with Crippen LogP contribution >= 0.6 is 0 Å². The molecule has 0 unspecified atom stereocenters. The number of hydrogen-bond donors (Lipinski definition) is 2. The molecule has 156 valence electrons. The molecule has 0 saturated heterocycles. The maximum atomic E-state index is 12.4. The largest absolute Gasteiger partial charge is 0.492 e. The van der Waals surface area contributed by atoms with Crippen LogP contribution in [-0.4, -0.2) is 30.8 Å². The molecule has 0 atom stereocenters. The Morgan fingerprint density at radius 2 is 1.67 bits per heavy atom. The lowest BCUT2D eigenvalue weighted by atomic mass is 10.1. The van der Waals surface area contributed by atoms with E-state index in [4.69, 9.17) is 9.47 Å². The summed E-state index contributed by atoms with van der Waals surface area (Å²) >= 11 is 0. The van der Waals surface area contributed by atoms with E-state index in [0.717, 1.165) is 16.5 Å². The summed E-state index contributed by atoms with van der Waals surface area (Å²) in [5, 5.41) is 7.70. The third-order valence-electron chi connectivity index (χ3n) is 4.15. The van der Waals surface area contributed by atoms with E-state index in [1.54, 1.807) is 45.0 Å². The second kappa shape index (κ2) is 9.31. The average molecular weight is 406 g/mol. The van der Waals surface area contributed by atoms with Gasteiger partial charge in [0, 0.05) is 11.3 Å². The van der Waals surface area contributed by atoms with Gasteiger partial charge in [-0.25, -0.2) is 4.79 Å². The number of carbonyl (C=O) groups is 2. The number of amides is 2. The molecule has 2 N–H and O–H groups in total. The van der Waals surface area contributed by atoms with E-state index < -0.39 is 11.7 Å². The average Bonchev–Trinajstić information content (AvgIpc) is 2.69. The first kappa shape index (κ1) is 21.2. The van der Waals surface area contributed by atoms with Gasteiger partial charge in [0.1, 0.15) is 18.0 Å². The van der Waals surface area contributed by atoms with Gasteiger partial charge in [-0.2, -0.15) is 0 Å². The maximum absolute atomic E-state index is 12.4. The van der Waals surface area contributed by atoms with Crippen LogP contribution in [0.2, 0.25) is 0 Å². The molecule has 3 aromatic carbocycles. The number of ether oxygens (including phenoxy) is 2. The minimum atomic E-state index is -0.593. The highest BCUT2D eigenvalue weighted by Crippen LogP contribution is 2.20. The van der Waals surface area contributed by atoms with E-state index in [-0.39, 0.29) is 5.91 Å². The van der Waals surface area contributed by atoms with Crippen LogP contribution < -0.4 is 15.4 Å². The Labute approximate surface area is 176 Å². The fourth-order valence-electron chi connectivity index (χ4n) is 2.85. The van der Waals surface area contributed by atoms with Crippen molar-refractivity contribution in [1.82, 2.24) is 5.32 Å². The molecule has 0 aromatic heterocycles. The topological polar surface area (TPSA) is 76.7 Å². The van der Waals surface area contributed by atoms with Gasteiger partial charge in [0.15, 0.2) is 0 Å². The molecule has 6 heteroatoms. The molecule has 0 aliphatic carbocycles. The van der Waals surface area contributed by atoms with Crippen molar-refractivity contribution in [2.24, 2.45) is 0 Å². The first-order valence-corrected chi connectivity index (χ1v) is 9.80. The molecule has 6 nitrogen and oxygen atoms in total. The zero-order valence-corrected chi connectivity index (χ0v) is 17.4. The maximum Gasteiger partial charge on any atom is 0.412 e. The fourth-order valence-corrected chi connectivity index (χ4v) is 2.85. The minimum Gasteiger partial charge on any atom is -0.492 e. The van der Waals surface area contributed by atoms with Gasteiger partial charge in [0.25, 0.3) is 5.91 Å². The van der Waals surface area contributed by atoms with Crippen molar-refractivity contribution in [3.05, 3.63) is 72.3 Å². The highest BCUT2D eigenvalue weighted by Gasteiger charge is 2.16. The van der Waals surface area contributed by atoms with E-state index in [2.05, 4.69) is 10.6 Å². The lowest BCUT2D eigenvalue weighted by Gasteiger charge is -2.19. The SMILES string of the molecule is CC(C)(C)OC(=O)Nc1cccc(C(=O)NCCOc2ccc3ccccc3c2)c1. The van der Waals surface area contributed by atoms with Crippen molar-refractivity contribution in [2.75, 3.05) is 18.5 Å². The van der Waals surface area contributed by atoms with Gasteiger partial charge in [-0.3, -0.25) is 10.1 Å².